The van der Waals surface area contributed by atoms with E-state index in [1.807, 2.05) is 0 Å². The highest BCUT2D eigenvalue weighted by Gasteiger charge is 2.46. The summed E-state index contributed by atoms with van der Waals surface area (Å²) in [6.07, 6.45) is 0. The highest BCUT2D eigenvalue weighted by molar-refractivity contribution is 6.15. The summed E-state index contributed by atoms with van der Waals surface area (Å²) in [5.74, 6) is 0. The van der Waals surface area contributed by atoms with E-state index in [1.165, 1.54) is 38.8 Å². The average molecular weight is 778 g/mol. The molecule has 0 saturated heterocycles. The average Bonchev–Trinajstić information content (AvgIpc) is 3.86. The second-order valence-corrected chi connectivity index (χ2v) is 16.0. The maximum Gasteiger partial charge on any atom is 0.143 e. The van der Waals surface area contributed by atoms with Gasteiger partial charge in [0.2, 0.25) is 0 Å². The monoisotopic (exact) mass is 777 g/mol. The number of fused-ring (bicyclic) bond motifs is 8. The number of furan rings is 1. The summed E-state index contributed by atoms with van der Waals surface area (Å²) in [6, 6.07) is 86.1. The van der Waals surface area contributed by atoms with Gasteiger partial charge in [0.05, 0.1) is 16.8 Å². The molecular formula is C59H39NO. The number of nitrogens with zero attached hydrogens (tertiary/aromatic N) is 1. The van der Waals surface area contributed by atoms with Crippen LogP contribution in [0.1, 0.15) is 22.3 Å². The molecule has 2 nitrogen and oxygen atoms in total. The van der Waals surface area contributed by atoms with Crippen molar-refractivity contribution >= 4 is 49.8 Å². The molecule has 2 heteroatoms. The van der Waals surface area contributed by atoms with E-state index < -0.39 is 5.41 Å². The molecule has 0 fully saturated rings. The minimum atomic E-state index is -0.536. The first-order valence-electron chi connectivity index (χ1n) is 21.0. The van der Waals surface area contributed by atoms with Crippen LogP contribution in [0.25, 0.3) is 66.1 Å². The molecular weight excluding hydrogens is 739 g/mol. The lowest BCUT2D eigenvalue weighted by molar-refractivity contribution is 0.672. The molecule has 0 amide bonds. The molecule has 61 heavy (non-hydrogen) atoms. The van der Waals surface area contributed by atoms with Crippen LogP contribution in [0, 0.1) is 0 Å². The maximum absolute atomic E-state index is 6.59. The SMILES string of the molecule is c1ccc(-c2ccccc2N(c2ccc3c(c2)C(c2ccccc2)(c2ccccc2)c2ccccc2-3)c2ccccc2-c2ccc3oc4c5ccccc5ccc4c3c2)cc1. The van der Waals surface area contributed by atoms with Crippen LogP contribution in [-0.4, -0.2) is 0 Å². The van der Waals surface area contributed by atoms with Gasteiger partial charge in [-0.3, -0.25) is 0 Å². The summed E-state index contributed by atoms with van der Waals surface area (Å²) < 4.78 is 6.59. The molecule has 1 aromatic heterocycles. The van der Waals surface area contributed by atoms with Gasteiger partial charge in [0.15, 0.2) is 0 Å². The van der Waals surface area contributed by atoms with Gasteiger partial charge >= 0.3 is 0 Å². The Bertz CT molecular complexity index is 3380. The van der Waals surface area contributed by atoms with Crippen LogP contribution < -0.4 is 4.90 Å². The maximum atomic E-state index is 6.59. The molecule has 10 aromatic carbocycles. The zero-order chi connectivity index (χ0) is 40.3. The van der Waals surface area contributed by atoms with E-state index in [9.17, 15) is 0 Å². The van der Waals surface area contributed by atoms with Crippen LogP contribution in [0.3, 0.4) is 0 Å². The molecule has 0 unspecified atom stereocenters. The number of anilines is 3. The highest BCUT2D eigenvalue weighted by Crippen LogP contribution is 2.58. The smallest absolute Gasteiger partial charge is 0.143 e. The number of rotatable bonds is 7. The van der Waals surface area contributed by atoms with Crippen molar-refractivity contribution in [1.29, 1.82) is 0 Å². The summed E-state index contributed by atoms with van der Waals surface area (Å²) in [6.45, 7) is 0. The zero-order valence-corrected chi connectivity index (χ0v) is 33.4. The van der Waals surface area contributed by atoms with Crippen molar-refractivity contribution in [2.75, 3.05) is 4.90 Å². The van der Waals surface area contributed by atoms with E-state index in [2.05, 4.69) is 241 Å². The van der Waals surface area contributed by atoms with Gasteiger partial charge in [-0.15, -0.1) is 0 Å². The number of benzene rings is 10. The number of hydrogen-bond acceptors (Lipinski definition) is 2. The first kappa shape index (κ1) is 35.0. The van der Waals surface area contributed by atoms with Crippen molar-refractivity contribution < 1.29 is 4.42 Å². The molecule has 0 aliphatic heterocycles. The Morgan fingerprint density at radius 3 is 1.64 bits per heavy atom. The quantitative estimate of drug-likeness (QED) is 0.160. The summed E-state index contributed by atoms with van der Waals surface area (Å²) in [5.41, 5.74) is 16.7. The van der Waals surface area contributed by atoms with Crippen LogP contribution >= 0.6 is 0 Å². The molecule has 1 aliphatic rings. The Kier molecular flexibility index (Phi) is 8.11. The first-order valence-corrected chi connectivity index (χ1v) is 21.0. The number of hydrogen-bond donors (Lipinski definition) is 0. The first-order chi connectivity index (χ1) is 30.3. The molecule has 1 aliphatic carbocycles. The topological polar surface area (TPSA) is 16.4 Å². The zero-order valence-electron chi connectivity index (χ0n) is 33.4. The molecule has 0 radical (unpaired) electrons. The second-order valence-electron chi connectivity index (χ2n) is 16.0. The third-order valence-corrected chi connectivity index (χ3v) is 12.7. The Morgan fingerprint density at radius 2 is 0.918 bits per heavy atom. The fourth-order valence-corrected chi connectivity index (χ4v) is 10.1. The number of para-hydroxylation sites is 2. The highest BCUT2D eigenvalue weighted by atomic mass is 16.3. The van der Waals surface area contributed by atoms with Gasteiger partial charge in [-0.1, -0.05) is 194 Å². The predicted molar refractivity (Wildman–Crippen MR) is 254 cm³/mol. The predicted octanol–water partition coefficient (Wildman–Crippen LogP) is 15.9. The molecule has 0 saturated carbocycles. The fraction of sp³-hybridized carbons (Fsp3) is 0.0169. The van der Waals surface area contributed by atoms with Crippen LogP contribution in [0.2, 0.25) is 0 Å². The van der Waals surface area contributed by atoms with Crippen LogP contribution in [0.15, 0.2) is 241 Å². The molecule has 1 heterocycles. The Morgan fingerprint density at radius 1 is 0.344 bits per heavy atom. The van der Waals surface area contributed by atoms with E-state index in [4.69, 9.17) is 4.42 Å². The summed E-state index contributed by atoms with van der Waals surface area (Å²) in [4.78, 5) is 2.48. The molecule has 0 spiro atoms. The van der Waals surface area contributed by atoms with Gasteiger partial charge < -0.3 is 9.32 Å². The lowest BCUT2D eigenvalue weighted by atomic mass is 9.67. The van der Waals surface area contributed by atoms with Gasteiger partial charge in [0, 0.05) is 33.0 Å². The lowest BCUT2D eigenvalue weighted by Crippen LogP contribution is -2.28. The van der Waals surface area contributed by atoms with Crippen LogP contribution in [-0.2, 0) is 5.41 Å². The van der Waals surface area contributed by atoms with Crippen molar-refractivity contribution in [3.05, 3.63) is 259 Å². The van der Waals surface area contributed by atoms with Gasteiger partial charge in [0.25, 0.3) is 0 Å². The van der Waals surface area contributed by atoms with Gasteiger partial charge in [0.1, 0.15) is 11.2 Å². The van der Waals surface area contributed by atoms with Gasteiger partial charge in [-0.25, -0.2) is 0 Å². The molecule has 12 rings (SSSR count). The van der Waals surface area contributed by atoms with Crippen molar-refractivity contribution in [2.24, 2.45) is 0 Å². The molecule has 0 atom stereocenters. The fourth-order valence-electron chi connectivity index (χ4n) is 10.1. The van der Waals surface area contributed by atoms with E-state index in [1.54, 1.807) is 0 Å². The van der Waals surface area contributed by atoms with Crippen molar-refractivity contribution in [1.82, 2.24) is 0 Å². The minimum Gasteiger partial charge on any atom is -0.455 e. The minimum absolute atomic E-state index is 0.536. The van der Waals surface area contributed by atoms with E-state index in [0.717, 1.165) is 66.6 Å². The van der Waals surface area contributed by atoms with E-state index >= 15 is 0 Å². The van der Waals surface area contributed by atoms with E-state index in [0.29, 0.717) is 0 Å². The summed E-state index contributed by atoms with van der Waals surface area (Å²) >= 11 is 0. The van der Waals surface area contributed by atoms with Crippen LogP contribution in [0.5, 0.6) is 0 Å². The normalized spacial score (nSPS) is 12.7. The van der Waals surface area contributed by atoms with Crippen molar-refractivity contribution in [3.8, 4) is 33.4 Å². The Balaban J connectivity index is 1.13. The summed E-state index contributed by atoms with van der Waals surface area (Å²) in [5, 5.41) is 4.53. The van der Waals surface area contributed by atoms with Crippen LogP contribution in [0.4, 0.5) is 17.1 Å². The van der Waals surface area contributed by atoms with E-state index in [-0.39, 0.29) is 0 Å². The standard InChI is InChI=1S/C59H39NO/c1-4-18-40(19-5-1)46-25-13-16-30-55(46)60(56-31-17-14-26-47(56)42-33-37-57-52(38-42)51-35-32-41-20-10-11-27-48(41)58(51)61-57)45-34-36-50-49-28-12-15-29-53(49)59(54(50)39-45,43-21-6-2-7-22-43)44-23-8-3-9-24-44/h1-39H. The third-order valence-electron chi connectivity index (χ3n) is 12.7. The van der Waals surface area contributed by atoms with Gasteiger partial charge in [-0.05, 0) is 92.4 Å². The lowest BCUT2D eigenvalue weighted by Gasteiger charge is -2.35. The molecule has 11 aromatic rings. The molecule has 0 bridgehead atoms. The summed E-state index contributed by atoms with van der Waals surface area (Å²) in [7, 11) is 0. The second kappa shape index (κ2) is 14.1. The Hall–Kier alpha value is -7.94. The molecule has 286 valence electrons. The van der Waals surface area contributed by atoms with Crippen molar-refractivity contribution in [3.63, 3.8) is 0 Å². The Labute approximate surface area is 355 Å². The van der Waals surface area contributed by atoms with Gasteiger partial charge in [-0.2, -0.15) is 0 Å². The molecule has 0 N–H and O–H groups in total. The largest absolute Gasteiger partial charge is 0.455 e. The van der Waals surface area contributed by atoms with Crippen molar-refractivity contribution in [2.45, 2.75) is 5.41 Å². The third kappa shape index (κ3) is 5.43.